The Balaban J connectivity index is 2.49. The van der Waals surface area contributed by atoms with Crippen molar-refractivity contribution in [2.75, 3.05) is 7.11 Å². The largest absolute Gasteiger partial charge is 0.466 e. The summed E-state index contributed by atoms with van der Waals surface area (Å²) in [6.45, 7) is 1.97. The number of methoxy groups -OCH3 is 1. The summed E-state index contributed by atoms with van der Waals surface area (Å²) in [5.41, 5.74) is 1.40. The number of carbonyl (C=O) groups excluding carboxylic acids is 1. The van der Waals surface area contributed by atoms with Crippen LogP contribution in [0.25, 0.3) is 0 Å². The lowest BCUT2D eigenvalue weighted by atomic mass is 10.00. The quantitative estimate of drug-likeness (QED) is 0.641. The molecular formula is C12H13BrN2O2S2. The van der Waals surface area contributed by atoms with Crippen LogP contribution >= 0.6 is 39.5 Å². The molecule has 0 amide bonds. The summed E-state index contributed by atoms with van der Waals surface area (Å²) in [4.78, 5) is 13.0. The number of allylic oxidation sites excluding steroid dienone is 1. The first-order chi connectivity index (χ1) is 9.06. The van der Waals surface area contributed by atoms with Crippen LogP contribution in [0.1, 0.15) is 24.3 Å². The van der Waals surface area contributed by atoms with Gasteiger partial charge in [0.2, 0.25) is 0 Å². The second-order valence-electron chi connectivity index (χ2n) is 3.91. The molecule has 0 saturated heterocycles. The van der Waals surface area contributed by atoms with Crippen molar-refractivity contribution in [3.8, 4) is 0 Å². The number of thiocarbonyl (C=S) groups is 1. The third kappa shape index (κ3) is 2.98. The number of carbonyl (C=O) groups is 1. The van der Waals surface area contributed by atoms with Crippen molar-refractivity contribution in [2.45, 2.75) is 19.4 Å². The molecule has 0 radical (unpaired) electrons. The number of ether oxygens (including phenoxy) is 1. The van der Waals surface area contributed by atoms with E-state index in [2.05, 4.69) is 26.6 Å². The third-order valence-corrected chi connectivity index (χ3v) is 4.70. The fourth-order valence-electron chi connectivity index (χ4n) is 1.94. The number of hydrogen-bond donors (Lipinski definition) is 2. The molecule has 1 aliphatic heterocycles. The van der Waals surface area contributed by atoms with Crippen molar-refractivity contribution in [3.05, 3.63) is 32.1 Å². The maximum absolute atomic E-state index is 12.0. The molecule has 0 unspecified atom stereocenters. The molecule has 0 saturated carbocycles. The summed E-state index contributed by atoms with van der Waals surface area (Å²) in [6.07, 6.45) is 0.690. The minimum Gasteiger partial charge on any atom is -0.466 e. The highest BCUT2D eigenvalue weighted by Gasteiger charge is 2.32. The van der Waals surface area contributed by atoms with Crippen molar-refractivity contribution in [1.29, 1.82) is 0 Å². The summed E-state index contributed by atoms with van der Waals surface area (Å²) >= 11 is 10.2. The zero-order valence-electron chi connectivity index (χ0n) is 10.5. The highest BCUT2D eigenvalue weighted by atomic mass is 79.9. The zero-order valence-corrected chi connectivity index (χ0v) is 13.7. The van der Waals surface area contributed by atoms with Gasteiger partial charge in [-0.15, -0.1) is 11.3 Å². The van der Waals surface area contributed by atoms with Crippen LogP contribution in [0.5, 0.6) is 0 Å². The molecule has 0 aliphatic carbocycles. The molecule has 0 spiro atoms. The van der Waals surface area contributed by atoms with E-state index < -0.39 is 0 Å². The predicted molar refractivity (Wildman–Crippen MR) is 83.0 cm³/mol. The lowest BCUT2D eigenvalue weighted by Gasteiger charge is -2.29. The van der Waals surface area contributed by atoms with Crippen molar-refractivity contribution >= 4 is 50.6 Å². The topological polar surface area (TPSA) is 50.4 Å². The number of esters is 1. The van der Waals surface area contributed by atoms with Gasteiger partial charge in [0.25, 0.3) is 0 Å². The summed E-state index contributed by atoms with van der Waals surface area (Å²) < 4.78 is 5.90. The molecule has 2 rings (SSSR count). The summed E-state index contributed by atoms with van der Waals surface area (Å²) in [5.74, 6) is -0.339. The Labute approximate surface area is 129 Å². The Morgan fingerprint density at radius 1 is 1.58 bits per heavy atom. The zero-order chi connectivity index (χ0) is 14.0. The molecule has 0 aromatic carbocycles. The summed E-state index contributed by atoms with van der Waals surface area (Å²) in [5, 5.41) is 6.68. The van der Waals surface area contributed by atoms with Gasteiger partial charge in [0.1, 0.15) is 0 Å². The van der Waals surface area contributed by atoms with Crippen LogP contribution in [0.4, 0.5) is 0 Å². The van der Waals surface area contributed by atoms with Crippen molar-refractivity contribution < 1.29 is 9.53 Å². The van der Waals surface area contributed by atoms with Gasteiger partial charge in [-0.05, 0) is 46.7 Å². The van der Waals surface area contributed by atoms with E-state index in [1.807, 2.05) is 19.1 Å². The number of nitrogens with one attached hydrogen (secondary N) is 2. The average molecular weight is 361 g/mol. The molecule has 102 valence electrons. The standard InChI is InChI=1S/C12H13BrN2O2S2/c1-3-6-9(11(16)17-2)10(15-12(18)14-6)7-4-5-8(13)19-7/h4-5,10H,3H2,1-2H3,(H2,14,15,18)/t10-/m0/s1. The molecule has 7 heteroatoms. The molecule has 1 aliphatic rings. The maximum atomic E-state index is 12.0. The molecule has 1 atom stereocenters. The van der Waals surface area contributed by atoms with Crippen LogP contribution in [0.15, 0.2) is 27.2 Å². The number of hydrogen-bond acceptors (Lipinski definition) is 4. The van der Waals surface area contributed by atoms with Crippen molar-refractivity contribution in [1.82, 2.24) is 10.6 Å². The van der Waals surface area contributed by atoms with E-state index in [1.165, 1.54) is 7.11 Å². The lowest BCUT2D eigenvalue weighted by molar-refractivity contribution is -0.136. The van der Waals surface area contributed by atoms with E-state index in [9.17, 15) is 4.79 Å². The van der Waals surface area contributed by atoms with Gasteiger partial charge in [0, 0.05) is 10.6 Å². The first-order valence-corrected chi connectivity index (χ1v) is 7.72. The molecule has 1 aromatic rings. The molecule has 0 bridgehead atoms. The van der Waals surface area contributed by atoms with Crippen LogP contribution in [0, 0.1) is 0 Å². The first-order valence-electron chi connectivity index (χ1n) is 5.71. The number of halogens is 1. The van der Waals surface area contributed by atoms with Crippen LogP contribution in [0.3, 0.4) is 0 Å². The highest BCUT2D eigenvalue weighted by Crippen LogP contribution is 2.34. The molecule has 1 aromatic heterocycles. The average Bonchev–Trinajstić information content (AvgIpc) is 2.83. The number of thiophene rings is 1. The second-order valence-corrected chi connectivity index (χ2v) is 6.81. The lowest BCUT2D eigenvalue weighted by Crippen LogP contribution is -2.45. The third-order valence-electron chi connectivity index (χ3n) is 2.79. The van der Waals surface area contributed by atoms with E-state index in [-0.39, 0.29) is 12.0 Å². The van der Waals surface area contributed by atoms with Crippen LogP contribution in [0.2, 0.25) is 0 Å². The summed E-state index contributed by atoms with van der Waals surface area (Å²) in [6, 6.07) is 3.66. The van der Waals surface area contributed by atoms with Gasteiger partial charge in [-0.1, -0.05) is 6.92 Å². The molecule has 4 nitrogen and oxygen atoms in total. The van der Waals surface area contributed by atoms with E-state index in [4.69, 9.17) is 17.0 Å². The molecular weight excluding hydrogens is 348 g/mol. The first kappa shape index (κ1) is 14.5. The minimum atomic E-state index is -0.339. The number of rotatable bonds is 3. The Bertz CT molecular complexity index is 554. The van der Waals surface area contributed by atoms with Crippen molar-refractivity contribution in [3.63, 3.8) is 0 Å². The molecule has 19 heavy (non-hydrogen) atoms. The van der Waals surface area contributed by atoms with Crippen molar-refractivity contribution in [2.24, 2.45) is 0 Å². The second kappa shape index (κ2) is 6.02. The van der Waals surface area contributed by atoms with Gasteiger partial charge in [0.05, 0.1) is 22.5 Å². The van der Waals surface area contributed by atoms with Gasteiger partial charge < -0.3 is 15.4 Å². The Hall–Kier alpha value is -0.920. The summed E-state index contributed by atoms with van der Waals surface area (Å²) in [7, 11) is 1.39. The smallest absolute Gasteiger partial charge is 0.338 e. The minimum absolute atomic E-state index is 0.257. The SMILES string of the molecule is CCC1=C(C(=O)OC)[C@H](c2ccc(Br)s2)NC(=S)N1. The predicted octanol–water partition coefficient (Wildman–Crippen LogP) is 2.87. The van der Waals surface area contributed by atoms with E-state index in [0.29, 0.717) is 17.1 Å². The molecule has 0 fully saturated rings. The maximum Gasteiger partial charge on any atom is 0.338 e. The van der Waals surface area contributed by atoms with Gasteiger partial charge >= 0.3 is 5.97 Å². The Kier molecular flexibility index (Phi) is 4.59. The fourth-order valence-corrected chi connectivity index (χ4v) is 3.67. The van der Waals surface area contributed by atoms with E-state index in [1.54, 1.807) is 11.3 Å². The Morgan fingerprint density at radius 2 is 2.32 bits per heavy atom. The Morgan fingerprint density at radius 3 is 2.84 bits per heavy atom. The van der Waals surface area contributed by atoms with Gasteiger partial charge in [-0.2, -0.15) is 0 Å². The van der Waals surface area contributed by atoms with E-state index >= 15 is 0 Å². The monoisotopic (exact) mass is 360 g/mol. The van der Waals surface area contributed by atoms with Crippen LogP contribution in [-0.4, -0.2) is 18.2 Å². The van der Waals surface area contributed by atoms with E-state index in [0.717, 1.165) is 14.4 Å². The van der Waals surface area contributed by atoms with Gasteiger partial charge in [0.15, 0.2) is 5.11 Å². The van der Waals surface area contributed by atoms with Crippen LogP contribution in [-0.2, 0) is 9.53 Å². The molecule has 2 heterocycles. The van der Waals surface area contributed by atoms with Gasteiger partial charge in [-0.3, -0.25) is 0 Å². The van der Waals surface area contributed by atoms with Gasteiger partial charge in [-0.25, -0.2) is 4.79 Å². The molecule has 2 N–H and O–H groups in total. The fraction of sp³-hybridized carbons (Fsp3) is 0.333. The van der Waals surface area contributed by atoms with Crippen LogP contribution < -0.4 is 10.6 Å². The normalized spacial score (nSPS) is 18.9. The highest BCUT2D eigenvalue weighted by molar-refractivity contribution is 9.11.